The summed E-state index contributed by atoms with van der Waals surface area (Å²) in [5, 5.41) is 0.502. The summed E-state index contributed by atoms with van der Waals surface area (Å²) in [6.45, 7) is -0.428. The summed E-state index contributed by atoms with van der Waals surface area (Å²) in [5.41, 5.74) is 0.869. The molecule has 0 bridgehead atoms. The van der Waals surface area contributed by atoms with Crippen LogP contribution < -0.4 is 4.90 Å². The number of carbonyl (C=O) groups excluding carboxylic acids is 4. The minimum Gasteiger partial charge on any atom is -0.454 e. The number of allylic oxidation sites excluding steroid dienone is 2. The standard InChI is InChI=1S/C23H18ClNO5/c24-16-10-8-14(9-11-16)20(26)13-30-23(29)15-4-3-5-17(12-15)25-21(27)18-6-1-2-7-19(18)22(25)28/h1-5,8-12,18-19H,6-7,13H2. The molecular weight excluding hydrogens is 406 g/mol. The van der Waals surface area contributed by atoms with E-state index in [0.717, 1.165) is 4.90 Å². The number of esters is 1. The molecule has 7 heteroatoms. The lowest BCUT2D eigenvalue weighted by Crippen LogP contribution is -2.31. The quantitative estimate of drug-likeness (QED) is 0.316. The molecule has 2 amide bonds. The van der Waals surface area contributed by atoms with Gasteiger partial charge in [-0.15, -0.1) is 0 Å². The maximum atomic E-state index is 12.7. The van der Waals surface area contributed by atoms with Gasteiger partial charge in [0, 0.05) is 10.6 Å². The number of imide groups is 1. The van der Waals surface area contributed by atoms with Crippen molar-refractivity contribution in [3.05, 3.63) is 76.8 Å². The van der Waals surface area contributed by atoms with Crippen molar-refractivity contribution in [2.75, 3.05) is 11.5 Å². The Bertz CT molecular complexity index is 1030. The van der Waals surface area contributed by atoms with E-state index in [4.69, 9.17) is 16.3 Å². The van der Waals surface area contributed by atoms with Crippen LogP contribution in [0.4, 0.5) is 5.69 Å². The van der Waals surface area contributed by atoms with Crippen molar-refractivity contribution in [3.63, 3.8) is 0 Å². The number of amides is 2. The highest BCUT2D eigenvalue weighted by Gasteiger charge is 2.47. The van der Waals surface area contributed by atoms with E-state index in [0.29, 0.717) is 29.1 Å². The monoisotopic (exact) mass is 423 g/mol. The first-order valence-corrected chi connectivity index (χ1v) is 9.92. The molecule has 1 aliphatic heterocycles. The molecule has 0 spiro atoms. The van der Waals surface area contributed by atoms with Gasteiger partial charge in [0.15, 0.2) is 12.4 Å². The Morgan fingerprint density at radius 2 is 1.57 bits per heavy atom. The summed E-state index contributed by atoms with van der Waals surface area (Å²) in [7, 11) is 0. The van der Waals surface area contributed by atoms with Crippen LogP contribution in [0.15, 0.2) is 60.7 Å². The number of fused-ring (bicyclic) bond motifs is 1. The zero-order valence-electron chi connectivity index (χ0n) is 15.9. The highest BCUT2D eigenvalue weighted by atomic mass is 35.5. The minimum atomic E-state index is -0.711. The second kappa shape index (κ2) is 8.24. The lowest BCUT2D eigenvalue weighted by Gasteiger charge is -2.15. The van der Waals surface area contributed by atoms with Gasteiger partial charge in [0.2, 0.25) is 11.8 Å². The van der Waals surface area contributed by atoms with Crippen LogP contribution in [0.25, 0.3) is 0 Å². The van der Waals surface area contributed by atoms with E-state index in [-0.39, 0.29) is 35.0 Å². The summed E-state index contributed by atoms with van der Waals surface area (Å²) < 4.78 is 5.12. The first-order chi connectivity index (χ1) is 14.5. The smallest absolute Gasteiger partial charge is 0.338 e. The third-order valence-corrected chi connectivity index (χ3v) is 5.60. The van der Waals surface area contributed by atoms with Crippen LogP contribution in [0.2, 0.25) is 5.02 Å². The molecule has 0 N–H and O–H groups in total. The number of hydrogen-bond donors (Lipinski definition) is 0. The number of benzene rings is 2. The lowest BCUT2D eigenvalue weighted by atomic mass is 9.85. The predicted molar refractivity (Wildman–Crippen MR) is 110 cm³/mol. The topological polar surface area (TPSA) is 80.8 Å². The van der Waals surface area contributed by atoms with Gasteiger partial charge in [-0.25, -0.2) is 4.79 Å². The highest BCUT2D eigenvalue weighted by molar-refractivity contribution is 6.30. The Morgan fingerprint density at radius 3 is 2.20 bits per heavy atom. The van der Waals surface area contributed by atoms with E-state index in [1.54, 1.807) is 36.4 Å². The third-order valence-electron chi connectivity index (χ3n) is 5.35. The molecule has 1 fully saturated rings. The van der Waals surface area contributed by atoms with Crippen LogP contribution in [0.5, 0.6) is 0 Å². The number of rotatable bonds is 5. The summed E-state index contributed by atoms with van der Waals surface area (Å²) in [6, 6.07) is 12.4. The van der Waals surface area contributed by atoms with Crippen LogP contribution in [-0.4, -0.2) is 30.2 Å². The van der Waals surface area contributed by atoms with E-state index in [9.17, 15) is 19.2 Å². The minimum absolute atomic E-state index is 0.157. The van der Waals surface area contributed by atoms with Gasteiger partial charge in [-0.1, -0.05) is 29.8 Å². The van der Waals surface area contributed by atoms with E-state index in [2.05, 4.69) is 0 Å². The van der Waals surface area contributed by atoms with Crippen molar-refractivity contribution in [1.82, 2.24) is 0 Å². The fraction of sp³-hybridized carbons (Fsp3) is 0.217. The second-order valence-corrected chi connectivity index (χ2v) is 7.66. The Hall–Kier alpha value is -3.25. The average Bonchev–Trinajstić information content (AvgIpc) is 3.03. The zero-order chi connectivity index (χ0) is 21.3. The molecule has 4 rings (SSSR count). The van der Waals surface area contributed by atoms with Gasteiger partial charge >= 0.3 is 5.97 Å². The molecule has 1 aliphatic carbocycles. The molecular formula is C23H18ClNO5. The summed E-state index contributed by atoms with van der Waals surface area (Å²) >= 11 is 5.80. The first kappa shape index (κ1) is 20.0. The van der Waals surface area contributed by atoms with Crippen molar-refractivity contribution in [3.8, 4) is 0 Å². The highest BCUT2D eigenvalue weighted by Crippen LogP contribution is 2.37. The van der Waals surface area contributed by atoms with Crippen LogP contribution in [0.3, 0.4) is 0 Å². The number of hydrogen-bond acceptors (Lipinski definition) is 5. The molecule has 1 saturated heterocycles. The molecule has 0 aromatic heterocycles. The number of ketones is 1. The van der Waals surface area contributed by atoms with Crippen molar-refractivity contribution < 1.29 is 23.9 Å². The number of nitrogens with zero attached hydrogens (tertiary/aromatic N) is 1. The van der Waals surface area contributed by atoms with Gasteiger partial charge in [-0.05, 0) is 55.3 Å². The lowest BCUT2D eigenvalue weighted by molar-refractivity contribution is -0.122. The number of anilines is 1. The van der Waals surface area contributed by atoms with Crippen LogP contribution >= 0.6 is 11.6 Å². The summed E-state index contributed by atoms with van der Waals surface area (Å²) in [6.07, 6.45) is 4.92. The third kappa shape index (κ3) is 3.78. The van der Waals surface area contributed by atoms with Crippen molar-refractivity contribution >= 4 is 40.9 Å². The van der Waals surface area contributed by atoms with E-state index in [1.165, 1.54) is 12.1 Å². The summed E-state index contributed by atoms with van der Waals surface area (Å²) in [5.74, 6) is -2.28. The number of carbonyl (C=O) groups is 4. The molecule has 30 heavy (non-hydrogen) atoms. The number of halogens is 1. The Kier molecular flexibility index (Phi) is 5.50. The van der Waals surface area contributed by atoms with Crippen molar-refractivity contribution in [2.24, 2.45) is 11.8 Å². The van der Waals surface area contributed by atoms with E-state index < -0.39 is 12.6 Å². The molecule has 2 aromatic carbocycles. The van der Waals surface area contributed by atoms with Gasteiger partial charge in [0.05, 0.1) is 23.1 Å². The Labute approximate surface area is 178 Å². The van der Waals surface area contributed by atoms with Crippen molar-refractivity contribution in [1.29, 1.82) is 0 Å². The molecule has 152 valence electrons. The molecule has 2 aromatic rings. The Morgan fingerprint density at radius 1 is 0.933 bits per heavy atom. The fourth-order valence-corrected chi connectivity index (χ4v) is 3.89. The number of ether oxygens (including phenoxy) is 1. The van der Waals surface area contributed by atoms with Gasteiger partial charge in [0.1, 0.15) is 0 Å². The second-order valence-electron chi connectivity index (χ2n) is 7.22. The normalized spacial score (nSPS) is 20.2. The van der Waals surface area contributed by atoms with Crippen LogP contribution in [0.1, 0.15) is 33.6 Å². The van der Waals surface area contributed by atoms with Gasteiger partial charge in [0.25, 0.3) is 0 Å². The van der Waals surface area contributed by atoms with Crippen LogP contribution in [-0.2, 0) is 14.3 Å². The molecule has 6 nitrogen and oxygen atoms in total. The van der Waals surface area contributed by atoms with Gasteiger partial charge in [-0.2, -0.15) is 0 Å². The van der Waals surface area contributed by atoms with E-state index in [1.807, 2.05) is 12.2 Å². The maximum absolute atomic E-state index is 12.7. The first-order valence-electron chi connectivity index (χ1n) is 9.54. The molecule has 2 aliphatic rings. The molecule has 2 unspecified atom stereocenters. The fourth-order valence-electron chi connectivity index (χ4n) is 3.76. The van der Waals surface area contributed by atoms with Gasteiger partial charge in [-0.3, -0.25) is 19.3 Å². The Balaban J connectivity index is 1.46. The molecule has 0 radical (unpaired) electrons. The zero-order valence-corrected chi connectivity index (χ0v) is 16.7. The van der Waals surface area contributed by atoms with Crippen molar-refractivity contribution in [2.45, 2.75) is 12.8 Å². The predicted octanol–water partition coefficient (Wildman–Crippen LogP) is 3.84. The number of Topliss-reactive ketones (excluding diaryl/α,β-unsaturated/α-hetero) is 1. The molecule has 0 saturated carbocycles. The molecule has 1 heterocycles. The average molecular weight is 424 g/mol. The van der Waals surface area contributed by atoms with E-state index >= 15 is 0 Å². The van der Waals surface area contributed by atoms with Crippen LogP contribution in [0, 0.1) is 11.8 Å². The largest absolute Gasteiger partial charge is 0.454 e. The maximum Gasteiger partial charge on any atom is 0.338 e. The van der Waals surface area contributed by atoms with Gasteiger partial charge < -0.3 is 4.74 Å². The SMILES string of the molecule is O=C(COC(=O)c1cccc(N2C(=O)C3CC=CCC3C2=O)c1)c1ccc(Cl)cc1. The summed E-state index contributed by atoms with van der Waals surface area (Å²) in [4.78, 5) is 51.2. The molecule has 2 atom stereocenters.